The van der Waals surface area contributed by atoms with Crippen molar-refractivity contribution in [1.29, 1.82) is 0 Å². The number of hydrazone groups is 1. The Hall–Kier alpha value is -4.37. The first kappa shape index (κ1) is 24.7. The zero-order valence-electron chi connectivity index (χ0n) is 19.9. The molecule has 0 unspecified atom stereocenters. The molecule has 1 amide bonds. The lowest BCUT2D eigenvalue weighted by atomic mass is 10.2. The van der Waals surface area contributed by atoms with Crippen LogP contribution in [0.2, 0.25) is 0 Å². The molecule has 1 N–H and O–H groups in total. The van der Waals surface area contributed by atoms with Crippen LogP contribution in [0.5, 0.6) is 11.5 Å². The summed E-state index contributed by atoms with van der Waals surface area (Å²) in [5, 5.41) is 13.3. The molecule has 0 spiro atoms. The van der Waals surface area contributed by atoms with E-state index < -0.39 is 0 Å². The lowest BCUT2D eigenvalue weighted by Gasteiger charge is -2.11. The van der Waals surface area contributed by atoms with E-state index in [9.17, 15) is 4.79 Å². The predicted octanol–water partition coefficient (Wildman–Crippen LogP) is 4.86. The van der Waals surface area contributed by atoms with Crippen molar-refractivity contribution in [2.75, 3.05) is 20.0 Å². The van der Waals surface area contributed by atoms with E-state index in [2.05, 4.69) is 20.7 Å². The average molecular weight is 500 g/mol. The van der Waals surface area contributed by atoms with Gasteiger partial charge in [-0.1, -0.05) is 60.3 Å². The lowest BCUT2D eigenvalue weighted by Crippen LogP contribution is -2.19. The number of amides is 1. The summed E-state index contributed by atoms with van der Waals surface area (Å²) >= 11 is 1.28. The van der Waals surface area contributed by atoms with E-state index in [1.807, 2.05) is 89.5 Å². The molecule has 9 heteroatoms. The highest BCUT2D eigenvalue weighted by atomic mass is 32.2. The molecule has 1 heterocycles. The minimum atomic E-state index is -0.257. The minimum absolute atomic E-state index is 0.122. The third kappa shape index (κ3) is 6.19. The molecule has 0 aliphatic carbocycles. The summed E-state index contributed by atoms with van der Waals surface area (Å²) in [5.41, 5.74) is 5.23. The molecule has 0 aliphatic rings. The van der Waals surface area contributed by atoms with E-state index in [0.717, 1.165) is 28.3 Å². The van der Waals surface area contributed by atoms with Gasteiger partial charge in [0.25, 0.3) is 5.91 Å². The number of aromatic nitrogens is 3. The number of hydrogen-bond acceptors (Lipinski definition) is 7. The molecule has 182 valence electrons. The number of nitrogens with zero attached hydrogens (tertiary/aromatic N) is 4. The normalized spacial score (nSPS) is 11.2. The van der Waals surface area contributed by atoms with Crippen LogP contribution in [-0.4, -0.2) is 46.9 Å². The van der Waals surface area contributed by atoms with Crippen LogP contribution in [0.15, 0.2) is 95.2 Å². The fourth-order valence-corrected chi connectivity index (χ4v) is 4.11. The second-order valence-corrected chi connectivity index (χ2v) is 8.35. The molecule has 4 rings (SSSR count). The van der Waals surface area contributed by atoms with Crippen molar-refractivity contribution in [3.8, 4) is 28.6 Å². The van der Waals surface area contributed by atoms with Gasteiger partial charge in [-0.2, -0.15) is 5.10 Å². The summed E-state index contributed by atoms with van der Waals surface area (Å²) in [6.45, 7) is 0. The van der Waals surface area contributed by atoms with Crippen molar-refractivity contribution in [2.45, 2.75) is 5.16 Å². The number of hydrogen-bond donors (Lipinski definition) is 1. The quantitative estimate of drug-likeness (QED) is 0.190. The van der Waals surface area contributed by atoms with Gasteiger partial charge >= 0.3 is 0 Å². The molecule has 8 nitrogen and oxygen atoms in total. The first-order valence-electron chi connectivity index (χ1n) is 11.1. The fraction of sp³-hybridized carbons (Fsp3) is 0.111. The zero-order valence-corrected chi connectivity index (χ0v) is 20.7. The zero-order chi connectivity index (χ0) is 25.2. The smallest absolute Gasteiger partial charge is 0.250 e. The Morgan fingerprint density at radius 2 is 1.72 bits per heavy atom. The fourth-order valence-electron chi connectivity index (χ4n) is 3.37. The molecule has 0 bridgehead atoms. The van der Waals surface area contributed by atoms with Gasteiger partial charge in [0.1, 0.15) is 11.5 Å². The highest BCUT2D eigenvalue weighted by Gasteiger charge is 2.17. The molecule has 0 saturated heterocycles. The Labute approximate surface area is 213 Å². The van der Waals surface area contributed by atoms with Crippen molar-refractivity contribution in [3.63, 3.8) is 0 Å². The summed E-state index contributed by atoms with van der Waals surface area (Å²) < 4.78 is 12.5. The Balaban J connectivity index is 1.43. The summed E-state index contributed by atoms with van der Waals surface area (Å²) in [6.07, 6.45) is 5.10. The highest BCUT2D eigenvalue weighted by Crippen LogP contribution is 2.28. The van der Waals surface area contributed by atoms with Crippen molar-refractivity contribution < 1.29 is 14.3 Å². The maximum atomic E-state index is 12.4. The summed E-state index contributed by atoms with van der Waals surface area (Å²) in [4.78, 5) is 12.4. The maximum absolute atomic E-state index is 12.4. The molecular weight excluding hydrogens is 474 g/mol. The van der Waals surface area contributed by atoms with Gasteiger partial charge in [0.2, 0.25) is 0 Å². The van der Waals surface area contributed by atoms with Crippen molar-refractivity contribution in [2.24, 2.45) is 5.10 Å². The Morgan fingerprint density at radius 1 is 0.972 bits per heavy atom. The van der Waals surface area contributed by atoms with Gasteiger partial charge in [-0.25, -0.2) is 5.43 Å². The van der Waals surface area contributed by atoms with Crippen molar-refractivity contribution >= 4 is 30.0 Å². The van der Waals surface area contributed by atoms with Crippen LogP contribution in [0.25, 0.3) is 23.2 Å². The lowest BCUT2D eigenvalue weighted by molar-refractivity contribution is -0.118. The molecule has 4 aromatic rings. The topological polar surface area (TPSA) is 90.6 Å². The number of allylic oxidation sites excluding steroid dienone is 1. The summed E-state index contributed by atoms with van der Waals surface area (Å²) in [6, 6.07) is 25.0. The number of nitrogens with one attached hydrogen (secondary N) is 1. The number of para-hydroxylation sites is 1. The van der Waals surface area contributed by atoms with Crippen LogP contribution >= 0.6 is 11.8 Å². The standard InChI is InChI=1S/C27H25N5O3S/c1-34-23-16-14-22(15-17-23)32-26(21-10-4-3-5-11-21)30-31-27(32)36-19-25(33)29-28-18-8-12-20-9-6-7-13-24(20)35-2/h3-18H,19H2,1-2H3,(H,29,33)/b12-8+,28-18+. The van der Waals surface area contributed by atoms with E-state index in [1.165, 1.54) is 18.0 Å². The van der Waals surface area contributed by atoms with Crippen molar-refractivity contribution in [3.05, 3.63) is 90.5 Å². The van der Waals surface area contributed by atoms with E-state index in [4.69, 9.17) is 9.47 Å². The monoisotopic (exact) mass is 499 g/mol. The number of carbonyl (C=O) groups is 1. The predicted molar refractivity (Wildman–Crippen MR) is 143 cm³/mol. The first-order chi connectivity index (χ1) is 17.7. The number of benzene rings is 3. The van der Waals surface area contributed by atoms with Gasteiger partial charge in [-0.3, -0.25) is 9.36 Å². The van der Waals surface area contributed by atoms with Crippen LogP contribution in [0.1, 0.15) is 5.56 Å². The molecule has 0 aliphatic heterocycles. The van der Waals surface area contributed by atoms with Gasteiger partial charge in [-0.05, 0) is 42.5 Å². The van der Waals surface area contributed by atoms with Gasteiger partial charge in [0, 0.05) is 23.0 Å². The van der Waals surface area contributed by atoms with Crippen molar-refractivity contribution in [1.82, 2.24) is 20.2 Å². The molecule has 0 radical (unpaired) electrons. The van der Waals surface area contributed by atoms with E-state index in [-0.39, 0.29) is 11.7 Å². The number of thioether (sulfide) groups is 1. The van der Waals surface area contributed by atoms with E-state index in [0.29, 0.717) is 11.0 Å². The first-order valence-corrected chi connectivity index (χ1v) is 12.1. The molecule has 36 heavy (non-hydrogen) atoms. The second kappa shape index (κ2) is 12.4. The maximum Gasteiger partial charge on any atom is 0.250 e. The summed E-state index contributed by atoms with van der Waals surface area (Å²) in [7, 11) is 3.25. The highest BCUT2D eigenvalue weighted by molar-refractivity contribution is 7.99. The average Bonchev–Trinajstić information content (AvgIpc) is 3.36. The second-order valence-electron chi connectivity index (χ2n) is 7.41. The summed E-state index contributed by atoms with van der Waals surface area (Å²) in [5.74, 6) is 2.06. The van der Waals surface area contributed by atoms with Gasteiger partial charge in [0.05, 0.1) is 20.0 Å². The molecule has 0 saturated carbocycles. The minimum Gasteiger partial charge on any atom is -0.497 e. The van der Waals surface area contributed by atoms with Crippen LogP contribution in [0.3, 0.4) is 0 Å². The number of ether oxygens (including phenoxy) is 2. The van der Waals surface area contributed by atoms with Gasteiger partial charge in [-0.15, -0.1) is 10.2 Å². The Bertz CT molecular complexity index is 1350. The Morgan fingerprint density at radius 3 is 2.47 bits per heavy atom. The van der Waals surface area contributed by atoms with Crippen LogP contribution < -0.4 is 14.9 Å². The third-order valence-corrected chi connectivity index (χ3v) is 6.02. The largest absolute Gasteiger partial charge is 0.497 e. The number of methoxy groups -OCH3 is 2. The molecule has 0 atom stereocenters. The van der Waals surface area contributed by atoms with Crippen LogP contribution in [0.4, 0.5) is 0 Å². The van der Waals surface area contributed by atoms with E-state index >= 15 is 0 Å². The van der Waals surface area contributed by atoms with Crippen LogP contribution in [-0.2, 0) is 4.79 Å². The third-order valence-electron chi connectivity index (χ3n) is 5.09. The van der Waals surface area contributed by atoms with Gasteiger partial charge in [0.15, 0.2) is 11.0 Å². The number of carbonyl (C=O) groups excluding carboxylic acids is 1. The Kier molecular flexibility index (Phi) is 8.50. The van der Waals surface area contributed by atoms with E-state index in [1.54, 1.807) is 20.3 Å². The number of rotatable bonds is 10. The molecular formula is C27H25N5O3S. The molecule has 3 aromatic carbocycles. The molecule has 0 fully saturated rings. The SMILES string of the molecule is COc1ccc(-n2c(SCC(=O)N/N=C/C=C/c3ccccc3OC)nnc2-c2ccccc2)cc1. The molecule has 1 aromatic heterocycles. The van der Waals surface area contributed by atoms with Crippen LogP contribution in [0, 0.1) is 0 Å². The van der Waals surface area contributed by atoms with Gasteiger partial charge < -0.3 is 9.47 Å².